The van der Waals surface area contributed by atoms with Crippen LogP contribution < -0.4 is 4.72 Å². The lowest BCUT2D eigenvalue weighted by Gasteiger charge is -2.31. The van der Waals surface area contributed by atoms with Gasteiger partial charge < -0.3 is 0 Å². The van der Waals surface area contributed by atoms with Crippen LogP contribution in [0.15, 0.2) is 23.2 Å². The third-order valence-corrected chi connectivity index (χ3v) is 5.45. The Kier molecular flexibility index (Phi) is 4.81. The molecule has 2 rings (SSSR count). The molecule has 0 radical (unpaired) electrons. The third kappa shape index (κ3) is 3.68. The molecule has 2 unspecified atom stereocenters. The molecule has 0 aromatic carbocycles. The van der Waals surface area contributed by atoms with Gasteiger partial charge in [-0.05, 0) is 30.9 Å². The standard InChI is InChI=1S/C13H19ClN2O2S/c1-2-10-5-3-4-6-12(10)16-19(17,18)11-7-8-13(14)15-9-11/h7-10,12,16H,2-6H2,1H3. The summed E-state index contributed by atoms with van der Waals surface area (Å²) in [6.45, 7) is 2.11. The zero-order chi connectivity index (χ0) is 13.9. The maximum Gasteiger partial charge on any atom is 0.242 e. The van der Waals surface area contributed by atoms with E-state index in [9.17, 15) is 8.42 Å². The maximum absolute atomic E-state index is 12.3. The molecule has 106 valence electrons. The van der Waals surface area contributed by atoms with Crippen molar-refractivity contribution in [1.82, 2.24) is 9.71 Å². The number of halogens is 1. The van der Waals surface area contributed by atoms with E-state index in [1.54, 1.807) is 0 Å². The number of sulfonamides is 1. The minimum absolute atomic E-state index is 0.0411. The van der Waals surface area contributed by atoms with E-state index in [1.165, 1.54) is 24.8 Å². The average molecular weight is 303 g/mol. The number of pyridine rings is 1. The van der Waals surface area contributed by atoms with E-state index in [2.05, 4.69) is 16.6 Å². The summed E-state index contributed by atoms with van der Waals surface area (Å²) in [6, 6.07) is 3.02. The predicted molar refractivity (Wildman–Crippen MR) is 75.6 cm³/mol. The van der Waals surface area contributed by atoms with Gasteiger partial charge >= 0.3 is 0 Å². The van der Waals surface area contributed by atoms with Crippen molar-refractivity contribution in [1.29, 1.82) is 0 Å². The molecule has 1 aliphatic carbocycles. The summed E-state index contributed by atoms with van der Waals surface area (Å²) in [5.41, 5.74) is 0. The summed E-state index contributed by atoms with van der Waals surface area (Å²) in [5, 5.41) is 0.294. The van der Waals surface area contributed by atoms with Crippen molar-refractivity contribution in [3.63, 3.8) is 0 Å². The van der Waals surface area contributed by atoms with E-state index in [-0.39, 0.29) is 10.9 Å². The Bertz CT molecular complexity index is 516. The fourth-order valence-electron chi connectivity index (χ4n) is 2.64. The molecule has 1 N–H and O–H groups in total. The van der Waals surface area contributed by atoms with Gasteiger partial charge in [-0.2, -0.15) is 0 Å². The summed E-state index contributed by atoms with van der Waals surface area (Å²) >= 11 is 5.67. The van der Waals surface area contributed by atoms with E-state index in [0.717, 1.165) is 25.7 Å². The molecular weight excluding hydrogens is 284 g/mol. The monoisotopic (exact) mass is 302 g/mol. The van der Waals surface area contributed by atoms with Gasteiger partial charge in [0.05, 0.1) is 0 Å². The number of rotatable bonds is 4. The molecular formula is C13H19ClN2O2S. The minimum atomic E-state index is -3.49. The van der Waals surface area contributed by atoms with Crippen LogP contribution in [0.25, 0.3) is 0 Å². The Hall–Kier alpha value is -0.650. The van der Waals surface area contributed by atoms with E-state index in [1.807, 2.05) is 0 Å². The second kappa shape index (κ2) is 6.20. The van der Waals surface area contributed by atoms with Crippen LogP contribution in [0.2, 0.25) is 5.15 Å². The number of nitrogens with one attached hydrogen (secondary N) is 1. The second-order valence-corrected chi connectivity index (χ2v) is 7.10. The van der Waals surface area contributed by atoms with Gasteiger partial charge in [0.2, 0.25) is 10.0 Å². The third-order valence-electron chi connectivity index (χ3n) is 3.75. The van der Waals surface area contributed by atoms with Crippen LogP contribution in [-0.4, -0.2) is 19.4 Å². The second-order valence-electron chi connectivity index (χ2n) is 5.00. The summed E-state index contributed by atoms with van der Waals surface area (Å²) in [6.07, 6.45) is 6.60. The molecule has 0 amide bonds. The van der Waals surface area contributed by atoms with E-state index in [4.69, 9.17) is 11.6 Å². The van der Waals surface area contributed by atoms with Gasteiger partial charge in [0.25, 0.3) is 0 Å². The average Bonchev–Trinajstić information content (AvgIpc) is 2.39. The van der Waals surface area contributed by atoms with Crippen molar-refractivity contribution in [2.45, 2.75) is 50.0 Å². The van der Waals surface area contributed by atoms with Crippen LogP contribution in [0.1, 0.15) is 39.0 Å². The molecule has 1 heterocycles. The lowest BCUT2D eigenvalue weighted by atomic mass is 9.83. The smallest absolute Gasteiger partial charge is 0.242 e. The predicted octanol–water partition coefficient (Wildman–Crippen LogP) is 2.98. The molecule has 1 fully saturated rings. The van der Waals surface area contributed by atoms with Crippen molar-refractivity contribution in [3.05, 3.63) is 23.5 Å². The molecule has 0 saturated heterocycles. The highest BCUT2D eigenvalue weighted by Gasteiger charge is 2.28. The van der Waals surface area contributed by atoms with Crippen LogP contribution in [0.4, 0.5) is 0 Å². The lowest BCUT2D eigenvalue weighted by Crippen LogP contribution is -2.41. The van der Waals surface area contributed by atoms with E-state index >= 15 is 0 Å². The first-order valence-electron chi connectivity index (χ1n) is 6.67. The van der Waals surface area contributed by atoms with Gasteiger partial charge in [-0.15, -0.1) is 0 Å². The summed E-state index contributed by atoms with van der Waals surface area (Å²) in [7, 11) is -3.49. The highest BCUT2D eigenvalue weighted by atomic mass is 35.5. The maximum atomic E-state index is 12.3. The molecule has 1 aromatic rings. The Labute approximate surface area is 119 Å². The molecule has 0 aliphatic heterocycles. The Morgan fingerprint density at radius 1 is 1.37 bits per heavy atom. The molecule has 1 saturated carbocycles. The van der Waals surface area contributed by atoms with Gasteiger partial charge in [-0.3, -0.25) is 0 Å². The zero-order valence-electron chi connectivity index (χ0n) is 11.0. The van der Waals surface area contributed by atoms with Crippen LogP contribution in [-0.2, 0) is 10.0 Å². The topological polar surface area (TPSA) is 59.1 Å². The number of hydrogen-bond acceptors (Lipinski definition) is 3. The number of aromatic nitrogens is 1. The summed E-state index contributed by atoms with van der Waals surface area (Å²) < 4.78 is 27.4. The fraction of sp³-hybridized carbons (Fsp3) is 0.615. The lowest BCUT2D eigenvalue weighted by molar-refractivity contribution is 0.282. The molecule has 6 heteroatoms. The van der Waals surface area contributed by atoms with E-state index < -0.39 is 10.0 Å². The van der Waals surface area contributed by atoms with Gasteiger partial charge in [0.1, 0.15) is 10.0 Å². The van der Waals surface area contributed by atoms with E-state index in [0.29, 0.717) is 11.1 Å². The fourth-order valence-corrected chi connectivity index (χ4v) is 4.04. The quantitative estimate of drug-likeness (QED) is 0.870. The SMILES string of the molecule is CCC1CCCCC1NS(=O)(=O)c1ccc(Cl)nc1. The largest absolute Gasteiger partial charge is 0.243 e. The number of nitrogens with zero attached hydrogens (tertiary/aromatic N) is 1. The van der Waals surface area contributed by atoms with Crippen molar-refractivity contribution in [2.75, 3.05) is 0 Å². The molecule has 19 heavy (non-hydrogen) atoms. The highest BCUT2D eigenvalue weighted by Crippen LogP contribution is 2.28. The van der Waals surface area contributed by atoms with Crippen LogP contribution in [0, 0.1) is 5.92 Å². The molecule has 1 aromatic heterocycles. The van der Waals surface area contributed by atoms with Crippen molar-refractivity contribution in [2.24, 2.45) is 5.92 Å². The first kappa shape index (κ1) is 14.8. The molecule has 4 nitrogen and oxygen atoms in total. The van der Waals surface area contributed by atoms with Gasteiger partial charge in [0, 0.05) is 12.2 Å². The van der Waals surface area contributed by atoms with Crippen LogP contribution in [0.5, 0.6) is 0 Å². The normalized spacial score (nSPS) is 24.3. The van der Waals surface area contributed by atoms with Crippen molar-refractivity contribution < 1.29 is 8.42 Å². The van der Waals surface area contributed by atoms with Crippen molar-refractivity contribution in [3.8, 4) is 0 Å². The van der Waals surface area contributed by atoms with Gasteiger partial charge in [-0.25, -0.2) is 18.1 Å². The van der Waals surface area contributed by atoms with Crippen LogP contribution in [0.3, 0.4) is 0 Å². The Balaban J connectivity index is 2.14. The Morgan fingerprint density at radius 2 is 2.11 bits per heavy atom. The van der Waals surface area contributed by atoms with Crippen LogP contribution >= 0.6 is 11.6 Å². The Morgan fingerprint density at radius 3 is 2.74 bits per heavy atom. The molecule has 2 atom stereocenters. The molecule has 0 bridgehead atoms. The highest BCUT2D eigenvalue weighted by molar-refractivity contribution is 7.89. The first-order chi connectivity index (χ1) is 9.03. The van der Waals surface area contributed by atoms with Crippen molar-refractivity contribution >= 4 is 21.6 Å². The van der Waals surface area contributed by atoms with Gasteiger partial charge in [-0.1, -0.05) is 37.8 Å². The molecule has 1 aliphatic rings. The first-order valence-corrected chi connectivity index (χ1v) is 8.53. The molecule has 0 spiro atoms. The number of hydrogen-bond donors (Lipinski definition) is 1. The summed E-state index contributed by atoms with van der Waals surface area (Å²) in [5.74, 6) is 0.434. The summed E-state index contributed by atoms with van der Waals surface area (Å²) in [4.78, 5) is 4.00. The minimum Gasteiger partial charge on any atom is -0.243 e. The van der Waals surface area contributed by atoms with Gasteiger partial charge in [0.15, 0.2) is 0 Å². The zero-order valence-corrected chi connectivity index (χ0v) is 12.5.